The number of thiophene rings is 2. The number of carbonyl (C=O) groups is 1. The molecule has 0 atom stereocenters. The van der Waals surface area contributed by atoms with Crippen LogP contribution in [0.15, 0.2) is 46.4 Å². The number of rotatable bonds is 4. The van der Waals surface area contributed by atoms with Gasteiger partial charge in [0.15, 0.2) is 0 Å². The number of carbonyl (C=O) groups excluding carboxylic acids is 1. The van der Waals surface area contributed by atoms with Crippen molar-refractivity contribution in [3.05, 3.63) is 56.1 Å². The van der Waals surface area contributed by atoms with Crippen molar-refractivity contribution >= 4 is 40.2 Å². The van der Waals surface area contributed by atoms with Crippen molar-refractivity contribution in [2.75, 3.05) is 0 Å². The van der Waals surface area contributed by atoms with Gasteiger partial charge in [0.05, 0.1) is 22.0 Å². The van der Waals surface area contributed by atoms with E-state index in [-0.39, 0.29) is 5.91 Å². The third kappa shape index (κ3) is 2.95. The molecule has 0 saturated carbocycles. The molecule has 0 aliphatic heterocycles. The fourth-order valence-electron chi connectivity index (χ4n) is 1.74. The average Bonchev–Trinajstić information content (AvgIpc) is 3.16. The number of halogens is 1. The van der Waals surface area contributed by atoms with E-state index in [1.54, 1.807) is 29.7 Å². The highest BCUT2D eigenvalue weighted by Gasteiger charge is 2.10. The molecule has 0 saturated heterocycles. The first-order valence-corrected chi connectivity index (χ1v) is 7.94. The molecule has 1 amide bonds. The highest BCUT2D eigenvalue weighted by Crippen LogP contribution is 2.26. The van der Waals surface area contributed by atoms with Gasteiger partial charge in [0.25, 0.3) is 5.91 Å². The van der Waals surface area contributed by atoms with E-state index in [1.165, 1.54) is 11.3 Å². The normalized spacial score (nSPS) is 10.7. The van der Waals surface area contributed by atoms with Crippen molar-refractivity contribution in [3.8, 4) is 11.3 Å². The van der Waals surface area contributed by atoms with E-state index in [1.807, 2.05) is 23.6 Å². The van der Waals surface area contributed by atoms with Gasteiger partial charge in [-0.2, -0.15) is 0 Å². The van der Waals surface area contributed by atoms with Gasteiger partial charge in [-0.3, -0.25) is 4.79 Å². The van der Waals surface area contributed by atoms with Crippen molar-refractivity contribution in [2.24, 2.45) is 0 Å². The molecule has 0 aliphatic rings. The molecule has 3 aromatic rings. The van der Waals surface area contributed by atoms with E-state index >= 15 is 0 Å². The zero-order chi connectivity index (χ0) is 13.9. The van der Waals surface area contributed by atoms with Gasteiger partial charge in [0.1, 0.15) is 5.76 Å². The van der Waals surface area contributed by atoms with Crippen LogP contribution in [0.5, 0.6) is 0 Å². The second-order valence-corrected chi connectivity index (χ2v) is 6.78. The molecule has 0 bridgehead atoms. The number of furan rings is 1. The molecular formula is C14H10ClNO2S2. The predicted octanol–water partition coefficient (Wildman–Crippen LogP) is 4.65. The zero-order valence-electron chi connectivity index (χ0n) is 10.3. The van der Waals surface area contributed by atoms with Crippen LogP contribution in [0.3, 0.4) is 0 Å². The van der Waals surface area contributed by atoms with Gasteiger partial charge in [0, 0.05) is 15.8 Å². The first-order valence-electron chi connectivity index (χ1n) is 5.87. The van der Waals surface area contributed by atoms with E-state index in [0.717, 1.165) is 16.2 Å². The van der Waals surface area contributed by atoms with Gasteiger partial charge >= 0.3 is 0 Å². The van der Waals surface area contributed by atoms with Gasteiger partial charge in [0.2, 0.25) is 0 Å². The van der Waals surface area contributed by atoms with Crippen LogP contribution < -0.4 is 5.32 Å². The summed E-state index contributed by atoms with van der Waals surface area (Å²) < 4.78 is 5.95. The van der Waals surface area contributed by atoms with E-state index in [9.17, 15) is 4.79 Å². The summed E-state index contributed by atoms with van der Waals surface area (Å²) in [6, 6.07) is 9.24. The molecule has 0 unspecified atom stereocenters. The van der Waals surface area contributed by atoms with E-state index in [0.29, 0.717) is 15.8 Å². The van der Waals surface area contributed by atoms with Crippen LogP contribution in [0, 0.1) is 0 Å². The van der Waals surface area contributed by atoms with Gasteiger partial charge in [-0.25, -0.2) is 0 Å². The largest absolute Gasteiger partial charge is 0.464 e. The minimum absolute atomic E-state index is 0.102. The fraction of sp³-hybridized carbons (Fsp3) is 0.0714. The Kier molecular flexibility index (Phi) is 3.91. The van der Waals surface area contributed by atoms with Crippen molar-refractivity contribution in [1.82, 2.24) is 5.32 Å². The third-order valence-corrected chi connectivity index (χ3v) is 4.85. The maximum atomic E-state index is 11.9. The number of amides is 1. The van der Waals surface area contributed by atoms with Crippen LogP contribution >= 0.6 is 34.3 Å². The van der Waals surface area contributed by atoms with Crippen molar-refractivity contribution in [3.63, 3.8) is 0 Å². The molecule has 1 N–H and O–H groups in total. The second-order valence-electron chi connectivity index (χ2n) is 4.07. The minimum Gasteiger partial charge on any atom is -0.464 e. The molecule has 0 radical (unpaired) electrons. The summed E-state index contributed by atoms with van der Waals surface area (Å²) in [5, 5.41) is 4.90. The van der Waals surface area contributed by atoms with Gasteiger partial charge in [-0.1, -0.05) is 11.6 Å². The van der Waals surface area contributed by atoms with E-state index in [2.05, 4.69) is 5.32 Å². The topological polar surface area (TPSA) is 42.2 Å². The van der Waals surface area contributed by atoms with Crippen molar-refractivity contribution in [2.45, 2.75) is 6.54 Å². The zero-order valence-corrected chi connectivity index (χ0v) is 12.6. The van der Waals surface area contributed by atoms with Crippen molar-refractivity contribution in [1.29, 1.82) is 0 Å². The lowest BCUT2D eigenvalue weighted by Gasteiger charge is -2.00. The van der Waals surface area contributed by atoms with Crippen LogP contribution in [0.2, 0.25) is 4.34 Å². The van der Waals surface area contributed by atoms with Crippen LogP contribution in [0.25, 0.3) is 11.3 Å². The first kappa shape index (κ1) is 13.4. The molecule has 20 heavy (non-hydrogen) atoms. The molecule has 102 valence electrons. The number of hydrogen-bond acceptors (Lipinski definition) is 4. The Balaban J connectivity index is 1.63. The SMILES string of the molecule is O=C(NCc1cc(-c2ccco2)cs1)c1ccc(Cl)s1. The lowest BCUT2D eigenvalue weighted by molar-refractivity contribution is 0.0955. The molecule has 0 spiro atoms. The Labute approximate surface area is 128 Å². The Morgan fingerprint density at radius 2 is 2.25 bits per heavy atom. The minimum atomic E-state index is -0.102. The second kappa shape index (κ2) is 5.83. The standard InChI is InChI=1S/C14H10ClNO2S2/c15-13-4-3-12(20-13)14(17)16-7-10-6-9(8-19-10)11-2-1-5-18-11/h1-6,8H,7H2,(H,16,17). The maximum Gasteiger partial charge on any atom is 0.261 e. The lowest BCUT2D eigenvalue weighted by Crippen LogP contribution is -2.21. The summed E-state index contributed by atoms with van der Waals surface area (Å²) in [6.45, 7) is 0.500. The summed E-state index contributed by atoms with van der Waals surface area (Å²) >= 11 is 8.68. The molecule has 0 aromatic carbocycles. The maximum absolute atomic E-state index is 11.9. The quantitative estimate of drug-likeness (QED) is 0.759. The Hall–Kier alpha value is -1.56. The molecular weight excluding hydrogens is 314 g/mol. The Bertz CT molecular complexity index is 715. The van der Waals surface area contributed by atoms with Crippen LogP contribution in [-0.4, -0.2) is 5.91 Å². The number of hydrogen-bond donors (Lipinski definition) is 1. The van der Waals surface area contributed by atoms with Crippen LogP contribution in [-0.2, 0) is 6.54 Å². The van der Waals surface area contributed by atoms with E-state index < -0.39 is 0 Å². The smallest absolute Gasteiger partial charge is 0.261 e. The summed E-state index contributed by atoms with van der Waals surface area (Å²) in [7, 11) is 0. The summed E-state index contributed by atoms with van der Waals surface area (Å²) in [6.07, 6.45) is 1.65. The average molecular weight is 324 g/mol. The number of nitrogens with one attached hydrogen (secondary N) is 1. The first-order chi connectivity index (χ1) is 9.72. The highest BCUT2D eigenvalue weighted by atomic mass is 35.5. The third-order valence-electron chi connectivity index (χ3n) is 2.68. The van der Waals surface area contributed by atoms with Gasteiger partial charge < -0.3 is 9.73 Å². The monoisotopic (exact) mass is 323 g/mol. The Morgan fingerprint density at radius 1 is 1.35 bits per heavy atom. The molecule has 0 fully saturated rings. The fourth-order valence-corrected chi connectivity index (χ4v) is 3.51. The summed E-state index contributed by atoms with van der Waals surface area (Å²) in [5.41, 5.74) is 1.03. The highest BCUT2D eigenvalue weighted by molar-refractivity contribution is 7.18. The van der Waals surface area contributed by atoms with Gasteiger partial charge in [-0.15, -0.1) is 22.7 Å². The predicted molar refractivity (Wildman–Crippen MR) is 82.5 cm³/mol. The van der Waals surface area contributed by atoms with Crippen LogP contribution in [0.4, 0.5) is 0 Å². The van der Waals surface area contributed by atoms with Crippen LogP contribution in [0.1, 0.15) is 14.5 Å². The molecule has 3 aromatic heterocycles. The molecule has 3 rings (SSSR count). The Morgan fingerprint density at radius 3 is 2.95 bits per heavy atom. The van der Waals surface area contributed by atoms with Crippen molar-refractivity contribution < 1.29 is 9.21 Å². The lowest BCUT2D eigenvalue weighted by atomic mass is 10.2. The molecule has 3 nitrogen and oxygen atoms in total. The molecule has 3 heterocycles. The van der Waals surface area contributed by atoms with E-state index in [4.69, 9.17) is 16.0 Å². The summed E-state index contributed by atoms with van der Waals surface area (Å²) in [5.74, 6) is 0.735. The summed E-state index contributed by atoms with van der Waals surface area (Å²) in [4.78, 5) is 13.6. The molecule has 6 heteroatoms. The molecule has 0 aliphatic carbocycles. The van der Waals surface area contributed by atoms with Gasteiger partial charge in [-0.05, 0) is 30.3 Å².